The Morgan fingerprint density at radius 2 is 2.14 bits per heavy atom. The molecule has 4 heteroatoms. The van der Waals surface area contributed by atoms with Gasteiger partial charge in [0.15, 0.2) is 11.6 Å². The first-order valence-electron chi connectivity index (χ1n) is 4.90. The van der Waals surface area contributed by atoms with Crippen molar-refractivity contribution in [3.63, 3.8) is 0 Å². The molecule has 0 saturated heterocycles. The van der Waals surface area contributed by atoms with Crippen LogP contribution in [0.5, 0.6) is 0 Å². The maximum absolute atomic E-state index is 5.66. The van der Waals surface area contributed by atoms with Gasteiger partial charge in [0.05, 0.1) is 0 Å². The van der Waals surface area contributed by atoms with Gasteiger partial charge >= 0.3 is 0 Å². The summed E-state index contributed by atoms with van der Waals surface area (Å²) in [4.78, 5) is 8.09. The van der Waals surface area contributed by atoms with Gasteiger partial charge < -0.3 is 11.1 Å². The average molecular weight is 192 g/mol. The SMILES string of the molecule is CC1(C)CC1CNc1nccnc1N. The molecule has 2 rings (SSSR count). The Morgan fingerprint density at radius 3 is 2.71 bits per heavy atom. The van der Waals surface area contributed by atoms with Gasteiger partial charge in [-0.05, 0) is 17.8 Å². The summed E-state index contributed by atoms with van der Waals surface area (Å²) in [5, 5.41) is 3.23. The molecule has 1 saturated carbocycles. The lowest BCUT2D eigenvalue weighted by Gasteiger charge is -2.07. The highest BCUT2D eigenvalue weighted by Gasteiger charge is 2.45. The van der Waals surface area contributed by atoms with Crippen LogP contribution in [0, 0.1) is 11.3 Å². The first-order chi connectivity index (χ1) is 6.59. The standard InChI is InChI=1S/C10H16N4/c1-10(2)5-7(10)6-14-9-8(11)12-3-4-13-9/h3-4,7H,5-6H2,1-2H3,(H2,11,12)(H,13,14). The van der Waals surface area contributed by atoms with E-state index < -0.39 is 0 Å². The molecule has 14 heavy (non-hydrogen) atoms. The summed E-state index contributed by atoms with van der Waals surface area (Å²) in [5.74, 6) is 1.92. The molecule has 0 aliphatic heterocycles. The van der Waals surface area contributed by atoms with Gasteiger partial charge in [-0.15, -0.1) is 0 Å². The number of nitrogens with two attached hydrogens (primary N) is 1. The molecule has 1 unspecified atom stereocenters. The maximum atomic E-state index is 5.66. The van der Waals surface area contributed by atoms with E-state index in [2.05, 4.69) is 29.1 Å². The number of aromatic nitrogens is 2. The quantitative estimate of drug-likeness (QED) is 0.762. The summed E-state index contributed by atoms with van der Waals surface area (Å²) < 4.78 is 0. The third-order valence-electron chi connectivity index (χ3n) is 2.96. The minimum Gasteiger partial charge on any atom is -0.381 e. The molecule has 0 spiro atoms. The molecule has 3 N–H and O–H groups in total. The van der Waals surface area contributed by atoms with Crippen molar-refractivity contribution in [1.82, 2.24) is 9.97 Å². The fourth-order valence-electron chi connectivity index (χ4n) is 1.63. The highest BCUT2D eigenvalue weighted by Crippen LogP contribution is 2.51. The molecule has 0 aromatic carbocycles. The summed E-state index contributed by atoms with van der Waals surface area (Å²) in [5.41, 5.74) is 6.15. The molecule has 1 aromatic heterocycles. The minimum atomic E-state index is 0.478. The van der Waals surface area contributed by atoms with Gasteiger partial charge in [0, 0.05) is 18.9 Å². The van der Waals surface area contributed by atoms with E-state index in [1.807, 2.05) is 0 Å². The summed E-state index contributed by atoms with van der Waals surface area (Å²) in [6, 6.07) is 0. The topological polar surface area (TPSA) is 63.8 Å². The lowest BCUT2D eigenvalue weighted by atomic mass is 10.1. The van der Waals surface area contributed by atoms with Crippen molar-refractivity contribution in [2.24, 2.45) is 11.3 Å². The fourth-order valence-corrected chi connectivity index (χ4v) is 1.63. The van der Waals surface area contributed by atoms with Crippen LogP contribution >= 0.6 is 0 Å². The molecule has 1 aliphatic carbocycles. The van der Waals surface area contributed by atoms with Crippen LogP contribution in [0.25, 0.3) is 0 Å². The summed E-state index contributed by atoms with van der Waals surface area (Å²) >= 11 is 0. The minimum absolute atomic E-state index is 0.478. The van der Waals surface area contributed by atoms with E-state index in [-0.39, 0.29) is 0 Å². The van der Waals surface area contributed by atoms with Gasteiger partial charge in [-0.25, -0.2) is 9.97 Å². The zero-order valence-corrected chi connectivity index (χ0v) is 8.62. The van der Waals surface area contributed by atoms with Gasteiger partial charge in [0.2, 0.25) is 0 Å². The first kappa shape index (κ1) is 9.24. The molecule has 1 aliphatic rings. The van der Waals surface area contributed by atoms with Gasteiger partial charge in [0.1, 0.15) is 0 Å². The van der Waals surface area contributed by atoms with Crippen molar-refractivity contribution in [2.75, 3.05) is 17.6 Å². The zero-order valence-electron chi connectivity index (χ0n) is 8.62. The van der Waals surface area contributed by atoms with Crippen molar-refractivity contribution < 1.29 is 0 Å². The van der Waals surface area contributed by atoms with Crippen molar-refractivity contribution in [1.29, 1.82) is 0 Å². The molecule has 0 radical (unpaired) electrons. The number of hydrogen-bond donors (Lipinski definition) is 2. The summed E-state index contributed by atoms with van der Waals surface area (Å²) in [6.45, 7) is 5.49. The molecular formula is C10H16N4. The molecular weight excluding hydrogens is 176 g/mol. The predicted molar refractivity (Wildman–Crippen MR) is 56.8 cm³/mol. The molecule has 0 amide bonds. The Morgan fingerprint density at radius 1 is 1.50 bits per heavy atom. The Bertz CT molecular complexity index is 335. The summed E-state index contributed by atoms with van der Waals surface area (Å²) in [7, 11) is 0. The lowest BCUT2D eigenvalue weighted by molar-refractivity contribution is 0.573. The van der Waals surface area contributed by atoms with Crippen LogP contribution in [-0.2, 0) is 0 Å². The number of hydrogen-bond acceptors (Lipinski definition) is 4. The Balaban J connectivity index is 1.90. The van der Waals surface area contributed by atoms with Crippen LogP contribution < -0.4 is 11.1 Å². The number of nitrogens with one attached hydrogen (secondary N) is 1. The molecule has 4 nitrogen and oxygen atoms in total. The highest BCUT2D eigenvalue weighted by molar-refractivity contribution is 5.54. The molecule has 1 atom stereocenters. The van der Waals surface area contributed by atoms with Crippen LogP contribution in [-0.4, -0.2) is 16.5 Å². The highest BCUT2D eigenvalue weighted by atomic mass is 15.1. The Kier molecular flexibility index (Phi) is 2.06. The van der Waals surface area contributed by atoms with Crippen LogP contribution in [0.1, 0.15) is 20.3 Å². The predicted octanol–water partition coefficient (Wildman–Crippen LogP) is 1.52. The second kappa shape index (κ2) is 3.12. The van der Waals surface area contributed by atoms with Crippen LogP contribution in [0.3, 0.4) is 0 Å². The second-order valence-corrected chi connectivity index (χ2v) is 4.56. The van der Waals surface area contributed by atoms with Crippen molar-refractivity contribution >= 4 is 11.6 Å². The van der Waals surface area contributed by atoms with E-state index in [4.69, 9.17) is 5.73 Å². The molecule has 1 fully saturated rings. The lowest BCUT2D eigenvalue weighted by Crippen LogP contribution is -2.10. The van der Waals surface area contributed by atoms with E-state index in [9.17, 15) is 0 Å². The van der Waals surface area contributed by atoms with E-state index in [0.29, 0.717) is 17.1 Å². The maximum Gasteiger partial charge on any atom is 0.168 e. The van der Waals surface area contributed by atoms with Gasteiger partial charge in [-0.2, -0.15) is 0 Å². The molecule has 1 aromatic rings. The normalized spacial score (nSPS) is 23.1. The third kappa shape index (κ3) is 1.78. The Labute approximate surface area is 83.9 Å². The van der Waals surface area contributed by atoms with Crippen molar-refractivity contribution in [2.45, 2.75) is 20.3 Å². The van der Waals surface area contributed by atoms with E-state index in [0.717, 1.165) is 12.5 Å². The second-order valence-electron chi connectivity index (χ2n) is 4.56. The van der Waals surface area contributed by atoms with Crippen LogP contribution in [0.2, 0.25) is 0 Å². The van der Waals surface area contributed by atoms with Crippen molar-refractivity contribution in [3.05, 3.63) is 12.4 Å². The molecule has 0 bridgehead atoms. The largest absolute Gasteiger partial charge is 0.381 e. The third-order valence-corrected chi connectivity index (χ3v) is 2.96. The van der Waals surface area contributed by atoms with Gasteiger partial charge in [-0.3, -0.25) is 0 Å². The fraction of sp³-hybridized carbons (Fsp3) is 0.600. The van der Waals surface area contributed by atoms with Gasteiger partial charge in [-0.1, -0.05) is 13.8 Å². The van der Waals surface area contributed by atoms with Crippen LogP contribution in [0.15, 0.2) is 12.4 Å². The Hall–Kier alpha value is -1.32. The monoisotopic (exact) mass is 192 g/mol. The van der Waals surface area contributed by atoms with Crippen molar-refractivity contribution in [3.8, 4) is 0 Å². The number of rotatable bonds is 3. The first-order valence-corrected chi connectivity index (χ1v) is 4.90. The number of nitrogens with zero attached hydrogens (tertiary/aromatic N) is 2. The van der Waals surface area contributed by atoms with E-state index in [1.165, 1.54) is 6.42 Å². The van der Waals surface area contributed by atoms with E-state index >= 15 is 0 Å². The van der Waals surface area contributed by atoms with Gasteiger partial charge in [0.25, 0.3) is 0 Å². The zero-order chi connectivity index (χ0) is 10.2. The smallest absolute Gasteiger partial charge is 0.168 e. The van der Waals surface area contributed by atoms with E-state index in [1.54, 1.807) is 12.4 Å². The molecule has 76 valence electrons. The summed E-state index contributed by atoms with van der Waals surface area (Å²) in [6.07, 6.45) is 4.53. The number of anilines is 2. The average Bonchev–Trinajstić information content (AvgIpc) is 2.73. The number of nitrogen functional groups attached to an aromatic ring is 1. The molecule has 1 heterocycles. The van der Waals surface area contributed by atoms with Crippen LogP contribution in [0.4, 0.5) is 11.6 Å².